The number of amides is 2. The van der Waals surface area contributed by atoms with Crippen molar-refractivity contribution in [3.63, 3.8) is 0 Å². The molecule has 1 unspecified atom stereocenters. The van der Waals surface area contributed by atoms with Gasteiger partial charge in [-0.05, 0) is 19.4 Å². The van der Waals surface area contributed by atoms with Gasteiger partial charge in [-0.1, -0.05) is 41.9 Å². The van der Waals surface area contributed by atoms with E-state index in [9.17, 15) is 14.4 Å². The molecule has 3 atom stereocenters. The Hall–Kier alpha value is -2.07. The Morgan fingerprint density at radius 1 is 1.27 bits per heavy atom. The van der Waals surface area contributed by atoms with Crippen molar-refractivity contribution in [1.82, 2.24) is 15.1 Å². The van der Waals surface area contributed by atoms with E-state index in [1.165, 1.54) is 23.8 Å². The van der Waals surface area contributed by atoms with E-state index in [0.29, 0.717) is 5.75 Å². The SMILES string of the molecule is COCOC(=O)C1=C(Cl)CS[C@@H]2[C@H](N3C(=O)C(c4ccccc4)NC3(C)C)C(=O)N12. The molecule has 1 N–H and O–H groups in total. The van der Waals surface area contributed by atoms with Crippen LogP contribution >= 0.6 is 23.4 Å². The van der Waals surface area contributed by atoms with Gasteiger partial charge in [-0.25, -0.2) is 4.79 Å². The molecule has 2 amide bonds. The minimum Gasteiger partial charge on any atom is -0.434 e. The Labute approximate surface area is 183 Å². The average molecular weight is 452 g/mol. The number of carbonyl (C=O) groups is 3. The van der Waals surface area contributed by atoms with Gasteiger partial charge in [0.2, 0.25) is 5.91 Å². The summed E-state index contributed by atoms with van der Waals surface area (Å²) >= 11 is 7.66. The molecule has 1 aromatic rings. The van der Waals surface area contributed by atoms with Gasteiger partial charge in [-0.15, -0.1) is 11.8 Å². The van der Waals surface area contributed by atoms with E-state index >= 15 is 0 Å². The molecule has 1 aromatic carbocycles. The van der Waals surface area contributed by atoms with Crippen LogP contribution in [0.2, 0.25) is 0 Å². The van der Waals surface area contributed by atoms with Gasteiger partial charge in [-0.2, -0.15) is 0 Å². The molecule has 3 heterocycles. The van der Waals surface area contributed by atoms with Gasteiger partial charge in [-0.3, -0.25) is 19.8 Å². The number of halogens is 1. The smallest absolute Gasteiger partial charge is 0.358 e. The third-order valence-electron chi connectivity index (χ3n) is 5.39. The lowest BCUT2D eigenvalue weighted by Crippen LogP contribution is -2.73. The second-order valence-corrected chi connectivity index (χ2v) is 9.26. The highest BCUT2D eigenvalue weighted by atomic mass is 35.5. The fraction of sp³-hybridized carbons (Fsp3) is 0.450. The molecule has 3 aliphatic heterocycles. The quantitative estimate of drug-likeness (QED) is 0.414. The van der Waals surface area contributed by atoms with Crippen LogP contribution < -0.4 is 5.32 Å². The number of nitrogens with one attached hydrogen (secondary N) is 1. The Morgan fingerprint density at radius 3 is 2.63 bits per heavy atom. The summed E-state index contributed by atoms with van der Waals surface area (Å²) in [4.78, 5) is 41.8. The highest BCUT2D eigenvalue weighted by Crippen LogP contribution is 2.46. The minimum atomic E-state index is -0.744. The summed E-state index contributed by atoms with van der Waals surface area (Å²) in [5.74, 6) is -0.895. The number of hydrogen-bond acceptors (Lipinski definition) is 7. The number of fused-ring (bicyclic) bond motifs is 1. The average Bonchev–Trinajstić information content (AvgIpc) is 2.96. The molecule has 4 rings (SSSR count). The van der Waals surface area contributed by atoms with E-state index < -0.39 is 29.1 Å². The van der Waals surface area contributed by atoms with E-state index in [1.807, 2.05) is 44.2 Å². The number of benzene rings is 1. The summed E-state index contributed by atoms with van der Waals surface area (Å²) in [6.45, 7) is 3.50. The molecule has 30 heavy (non-hydrogen) atoms. The summed E-state index contributed by atoms with van der Waals surface area (Å²) < 4.78 is 9.76. The van der Waals surface area contributed by atoms with Crippen LogP contribution in [0.5, 0.6) is 0 Å². The Kier molecular flexibility index (Phi) is 5.56. The van der Waals surface area contributed by atoms with Gasteiger partial charge >= 0.3 is 5.97 Å². The Bertz CT molecular complexity index is 922. The molecule has 8 nitrogen and oxygen atoms in total. The van der Waals surface area contributed by atoms with Crippen molar-refractivity contribution >= 4 is 41.1 Å². The van der Waals surface area contributed by atoms with Crippen molar-refractivity contribution in [2.45, 2.75) is 37.0 Å². The molecule has 0 aliphatic carbocycles. The molecule has 0 spiro atoms. The zero-order valence-corrected chi connectivity index (χ0v) is 18.3. The topological polar surface area (TPSA) is 88.2 Å². The first kappa shape index (κ1) is 21.2. The largest absolute Gasteiger partial charge is 0.434 e. The van der Waals surface area contributed by atoms with Crippen LogP contribution in [0, 0.1) is 0 Å². The second kappa shape index (κ2) is 7.88. The molecule has 0 bridgehead atoms. The van der Waals surface area contributed by atoms with Gasteiger partial charge in [0, 0.05) is 12.9 Å². The molecule has 10 heteroatoms. The molecule has 0 aromatic heterocycles. The number of carbonyl (C=O) groups excluding carboxylic acids is 3. The fourth-order valence-electron chi connectivity index (χ4n) is 4.09. The van der Waals surface area contributed by atoms with Crippen molar-refractivity contribution in [3.8, 4) is 0 Å². The molecule has 160 valence electrons. The normalized spacial score (nSPS) is 27.8. The van der Waals surface area contributed by atoms with E-state index in [1.54, 1.807) is 4.90 Å². The molecule has 3 aliphatic rings. The van der Waals surface area contributed by atoms with Crippen molar-refractivity contribution < 1.29 is 23.9 Å². The minimum absolute atomic E-state index is 0.0238. The summed E-state index contributed by atoms with van der Waals surface area (Å²) in [5.41, 5.74) is 0.118. The summed E-state index contributed by atoms with van der Waals surface area (Å²) in [5, 5.41) is 3.17. The number of β-lactam (4-membered cyclic amide) rings is 1. The molecular weight excluding hydrogens is 430 g/mol. The summed E-state index contributed by atoms with van der Waals surface area (Å²) in [6.07, 6.45) is 0. The Morgan fingerprint density at radius 2 is 1.97 bits per heavy atom. The van der Waals surface area contributed by atoms with Crippen LogP contribution in [0.3, 0.4) is 0 Å². The third kappa shape index (κ3) is 3.30. The van der Waals surface area contributed by atoms with Crippen LogP contribution in [0.1, 0.15) is 25.5 Å². The van der Waals surface area contributed by atoms with E-state index in [-0.39, 0.29) is 29.3 Å². The molecule has 0 saturated carbocycles. The van der Waals surface area contributed by atoms with Gasteiger partial charge in [0.1, 0.15) is 23.2 Å². The molecule has 0 radical (unpaired) electrons. The van der Waals surface area contributed by atoms with Crippen molar-refractivity contribution in [2.75, 3.05) is 19.7 Å². The maximum atomic E-state index is 13.3. The molecule has 2 fully saturated rings. The van der Waals surface area contributed by atoms with Gasteiger partial charge in [0.05, 0.1) is 10.7 Å². The predicted octanol–water partition coefficient (Wildman–Crippen LogP) is 1.78. The molecule has 2 saturated heterocycles. The maximum absolute atomic E-state index is 13.3. The lowest BCUT2D eigenvalue weighted by Gasteiger charge is -2.54. The Balaban J connectivity index is 1.60. The van der Waals surface area contributed by atoms with Gasteiger partial charge in [0.15, 0.2) is 6.79 Å². The highest BCUT2D eigenvalue weighted by Gasteiger charge is 2.62. The van der Waals surface area contributed by atoms with Crippen molar-refractivity contribution in [2.24, 2.45) is 0 Å². The second-order valence-electron chi connectivity index (χ2n) is 7.70. The fourth-order valence-corrected chi connectivity index (χ4v) is 5.68. The van der Waals surface area contributed by atoms with Gasteiger partial charge < -0.3 is 14.4 Å². The summed E-state index contributed by atoms with van der Waals surface area (Å²) in [7, 11) is 1.39. The first-order chi connectivity index (χ1) is 14.3. The maximum Gasteiger partial charge on any atom is 0.358 e. The number of methoxy groups -OCH3 is 1. The van der Waals surface area contributed by atoms with Crippen LogP contribution in [-0.2, 0) is 23.9 Å². The van der Waals surface area contributed by atoms with Crippen LogP contribution in [0.25, 0.3) is 0 Å². The van der Waals surface area contributed by atoms with E-state index in [4.69, 9.17) is 21.1 Å². The zero-order chi connectivity index (χ0) is 21.6. The zero-order valence-electron chi connectivity index (χ0n) is 16.8. The first-order valence-electron chi connectivity index (χ1n) is 9.43. The predicted molar refractivity (Wildman–Crippen MR) is 111 cm³/mol. The van der Waals surface area contributed by atoms with E-state index in [0.717, 1.165) is 5.56 Å². The monoisotopic (exact) mass is 451 g/mol. The summed E-state index contributed by atoms with van der Waals surface area (Å²) in [6, 6.07) is 8.15. The number of hydrogen-bond donors (Lipinski definition) is 1. The van der Waals surface area contributed by atoms with Crippen molar-refractivity contribution in [3.05, 3.63) is 46.6 Å². The van der Waals surface area contributed by atoms with Gasteiger partial charge in [0.25, 0.3) is 5.91 Å². The third-order valence-corrected chi connectivity index (χ3v) is 7.13. The standard InChI is InChI=1S/C20H22ClN3O5S/c1-20(2)22-13(11-7-5-4-6-8-11)16(25)24(20)15-17(26)23-14(19(27)29-10-28-3)12(21)9-30-18(15)23/h4-8,13,15,18,22H,9-10H2,1-3H3/t13?,15-,18-/m1/s1. The first-order valence-corrected chi connectivity index (χ1v) is 10.9. The van der Waals surface area contributed by atoms with Crippen LogP contribution in [0.4, 0.5) is 0 Å². The van der Waals surface area contributed by atoms with E-state index in [2.05, 4.69) is 5.32 Å². The lowest BCUT2D eigenvalue weighted by molar-refractivity contribution is -0.165. The number of ether oxygens (including phenoxy) is 2. The van der Waals surface area contributed by atoms with Crippen LogP contribution in [0.15, 0.2) is 41.1 Å². The number of nitrogens with zero attached hydrogens (tertiary/aromatic N) is 2. The molecular formula is C20H22ClN3O5S. The van der Waals surface area contributed by atoms with Crippen LogP contribution in [-0.4, -0.2) is 64.3 Å². The number of thioether (sulfide) groups is 1. The number of esters is 1. The number of rotatable bonds is 5. The van der Waals surface area contributed by atoms with Crippen molar-refractivity contribution in [1.29, 1.82) is 0 Å². The highest BCUT2D eigenvalue weighted by molar-refractivity contribution is 8.00. The lowest BCUT2D eigenvalue weighted by atomic mass is 10.00.